The second-order valence-corrected chi connectivity index (χ2v) is 9.53. The second kappa shape index (κ2) is 12.5. The summed E-state index contributed by atoms with van der Waals surface area (Å²) >= 11 is 0. The molecule has 2 aromatic heterocycles. The van der Waals surface area contributed by atoms with Crippen molar-refractivity contribution < 1.29 is 41.3 Å². The maximum atomic E-state index is 15.4. The second-order valence-electron chi connectivity index (χ2n) is 9.53. The summed E-state index contributed by atoms with van der Waals surface area (Å²) < 4.78 is 78.3. The molecule has 5 aromatic rings. The molecule has 0 fully saturated rings. The molecule has 13 heteroatoms. The Morgan fingerprint density at radius 2 is 1.73 bits per heavy atom. The van der Waals surface area contributed by atoms with E-state index < -0.39 is 30.6 Å². The lowest BCUT2D eigenvalue weighted by Gasteiger charge is -2.12. The van der Waals surface area contributed by atoms with Gasteiger partial charge in [-0.3, -0.25) is 4.74 Å². The Labute approximate surface area is 246 Å². The number of nitriles is 1. The first-order valence-electron chi connectivity index (χ1n) is 13.0. The molecule has 0 unspecified atom stereocenters. The van der Waals surface area contributed by atoms with Gasteiger partial charge in [-0.05, 0) is 48.0 Å². The maximum absolute atomic E-state index is 15.4. The number of carbonyl (C=O) groups is 1. The molecule has 8 nitrogen and oxygen atoms in total. The fraction of sp³-hybridized carbons (Fsp3) is 0.161. The van der Waals surface area contributed by atoms with Crippen molar-refractivity contribution >= 4 is 17.0 Å². The van der Waals surface area contributed by atoms with Gasteiger partial charge in [-0.25, -0.2) is 23.5 Å². The van der Waals surface area contributed by atoms with E-state index >= 15 is 4.39 Å². The summed E-state index contributed by atoms with van der Waals surface area (Å²) in [6, 6.07) is 19.1. The fourth-order valence-electron chi connectivity index (χ4n) is 4.50. The van der Waals surface area contributed by atoms with Crippen molar-refractivity contribution in [1.29, 1.82) is 5.26 Å². The molecule has 1 N–H and O–H groups in total. The largest absolute Gasteiger partial charge is 0.522 e. The molecule has 0 aliphatic heterocycles. The van der Waals surface area contributed by atoms with Gasteiger partial charge in [0.05, 0.1) is 40.5 Å². The van der Waals surface area contributed by atoms with Gasteiger partial charge in [-0.1, -0.05) is 24.3 Å². The highest BCUT2D eigenvalue weighted by molar-refractivity contribution is 5.92. The number of carboxylic acids is 1. The lowest BCUT2D eigenvalue weighted by atomic mass is 10.1. The van der Waals surface area contributed by atoms with Gasteiger partial charge in [0, 0.05) is 30.2 Å². The molecule has 5 rings (SSSR count). The number of benzene rings is 3. The van der Waals surface area contributed by atoms with Crippen LogP contribution in [0.3, 0.4) is 0 Å². The summed E-state index contributed by atoms with van der Waals surface area (Å²) in [5, 5.41) is 18.2. The highest BCUT2D eigenvalue weighted by Crippen LogP contribution is 2.26. The number of rotatable bonds is 10. The molecule has 0 spiro atoms. The highest BCUT2D eigenvalue weighted by Gasteiger charge is 2.29. The summed E-state index contributed by atoms with van der Waals surface area (Å²) in [7, 11) is 0. The number of pyridine rings is 1. The zero-order valence-corrected chi connectivity index (χ0v) is 22.6. The molecular weight excluding hydrogens is 587 g/mol. The topological polar surface area (TPSA) is 110 Å². The first-order valence-corrected chi connectivity index (χ1v) is 13.0. The van der Waals surface area contributed by atoms with E-state index in [-0.39, 0.29) is 59.0 Å². The van der Waals surface area contributed by atoms with Crippen LogP contribution in [-0.2, 0) is 24.3 Å². The van der Waals surface area contributed by atoms with Crippen molar-refractivity contribution in [3.63, 3.8) is 0 Å². The predicted octanol–water partition coefficient (Wildman–Crippen LogP) is 6.65. The van der Waals surface area contributed by atoms with Crippen LogP contribution in [-0.4, -0.2) is 38.6 Å². The summed E-state index contributed by atoms with van der Waals surface area (Å²) in [4.78, 5) is 20.2. The van der Waals surface area contributed by atoms with Gasteiger partial charge in [0.1, 0.15) is 24.1 Å². The van der Waals surface area contributed by atoms with Crippen LogP contribution in [0.15, 0.2) is 72.8 Å². The first-order chi connectivity index (χ1) is 21.0. The van der Waals surface area contributed by atoms with Crippen LogP contribution >= 0.6 is 0 Å². The molecule has 224 valence electrons. The van der Waals surface area contributed by atoms with E-state index in [4.69, 9.17) is 10.00 Å². The number of aromatic carboxylic acids is 1. The number of halogens is 5. The fourth-order valence-corrected chi connectivity index (χ4v) is 4.50. The van der Waals surface area contributed by atoms with Crippen LogP contribution in [0, 0.1) is 23.0 Å². The molecule has 0 bridgehead atoms. The Hall–Kier alpha value is -5.35. The molecule has 0 amide bonds. The molecule has 0 radical (unpaired) electrons. The van der Waals surface area contributed by atoms with E-state index in [9.17, 15) is 27.5 Å². The highest BCUT2D eigenvalue weighted by atomic mass is 19.4. The van der Waals surface area contributed by atoms with Gasteiger partial charge in [0.15, 0.2) is 0 Å². The normalized spacial score (nSPS) is 11.5. The minimum atomic E-state index is -4.86. The standard InChI is InChI=1S/C31H21F5N4O4/c32-23-12-18(16-37)4-5-22(23)17-43-29-3-1-2-25(39-29)20-7-6-19(24(33)13-20)15-28-38-26-9-8-21(30(41)42)14-27(26)40(28)10-11-44-31(34,35)36/h1-9,12-14H,10-11,15,17H2,(H,41,42). The van der Waals surface area contributed by atoms with Crippen molar-refractivity contribution in [3.8, 4) is 23.2 Å². The average molecular weight is 609 g/mol. The number of hydrogen-bond acceptors (Lipinski definition) is 6. The number of hydrogen-bond donors (Lipinski definition) is 1. The van der Waals surface area contributed by atoms with Crippen LogP contribution in [0.4, 0.5) is 22.0 Å². The van der Waals surface area contributed by atoms with Gasteiger partial charge in [-0.15, -0.1) is 13.2 Å². The van der Waals surface area contributed by atoms with Gasteiger partial charge >= 0.3 is 12.3 Å². The van der Waals surface area contributed by atoms with E-state index in [0.29, 0.717) is 16.8 Å². The van der Waals surface area contributed by atoms with Crippen molar-refractivity contribution in [1.82, 2.24) is 14.5 Å². The van der Waals surface area contributed by atoms with E-state index in [1.54, 1.807) is 24.3 Å². The average Bonchev–Trinajstić information content (AvgIpc) is 3.33. The number of aromatic nitrogens is 3. The summed E-state index contributed by atoms with van der Waals surface area (Å²) in [6.07, 6.45) is -4.97. The minimum Gasteiger partial charge on any atom is -0.478 e. The predicted molar refractivity (Wildman–Crippen MR) is 147 cm³/mol. The van der Waals surface area contributed by atoms with Crippen LogP contribution in [0.5, 0.6) is 5.88 Å². The lowest BCUT2D eigenvalue weighted by molar-refractivity contribution is -0.325. The SMILES string of the molecule is N#Cc1ccc(COc2cccc(-c3ccc(Cc4nc5ccc(C(=O)O)cc5n4CCOC(F)(F)F)c(F)c3)n2)c(F)c1. The molecule has 3 aromatic carbocycles. The van der Waals surface area contributed by atoms with Crippen LogP contribution in [0.1, 0.15) is 32.9 Å². The van der Waals surface area contributed by atoms with Crippen LogP contribution in [0.2, 0.25) is 0 Å². The Balaban J connectivity index is 1.37. The van der Waals surface area contributed by atoms with E-state index in [1.807, 2.05) is 6.07 Å². The van der Waals surface area contributed by atoms with Crippen molar-refractivity contribution in [3.05, 3.63) is 113 Å². The first kappa shape index (κ1) is 30.1. The number of imidazole rings is 1. The molecule has 2 heterocycles. The van der Waals surface area contributed by atoms with Gasteiger partial charge < -0.3 is 14.4 Å². The Morgan fingerprint density at radius 1 is 0.955 bits per heavy atom. The van der Waals surface area contributed by atoms with Gasteiger partial charge in [-0.2, -0.15) is 5.26 Å². The summed E-state index contributed by atoms with van der Waals surface area (Å²) in [5.74, 6) is -2.08. The Bertz CT molecular complexity index is 1900. The zero-order valence-electron chi connectivity index (χ0n) is 22.6. The maximum Gasteiger partial charge on any atom is 0.522 e. The third kappa shape index (κ3) is 6.99. The number of alkyl halides is 3. The van der Waals surface area contributed by atoms with Crippen LogP contribution < -0.4 is 4.74 Å². The van der Waals surface area contributed by atoms with Gasteiger partial charge in [0.2, 0.25) is 5.88 Å². The number of ether oxygens (including phenoxy) is 2. The van der Waals surface area contributed by atoms with Crippen molar-refractivity contribution in [2.45, 2.75) is 25.9 Å². The molecule has 0 aliphatic carbocycles. The molecule has 0 aliphatic rings. The zero-order chi connectivity index (χ0) is 31.4. The molecule has 44 heavy (non-hydrogen) atoms. The molecular formula is C31H21F5N4O4. The van der Waals surface area contributed by atoms with Crippen molar-refractivity contribution in [2.75, 3.05) is 6.61 Å². The third-order valence-corrected chi connectivity index (χ3v) is 6.63. The number of nitrogens with zero attached hydrogens (tertiary/aromatic N) is 4. The summed E-state index contributed by atoms with van der Waals surface area (Å²) in [6.45, 7) is -1.22. The lowest BCUT2D eigenvalue weighted by Crippen LogP contribution is -2.18. The van der Waals surface area contributed by atoms with E-state index in [1.165, 1.54) is 47.0 Å². The Kier molecular flexibility index (Phi) is 8.54. The summed E-state index contributed by atoms with van der Waals surface area (Å²) in [5.41, 5.74) is 1.87. The quantitative estimate of drug-likeness (QED) is 0.177. The minimum absolute atomic E-state index is 0.0850. The third-order valence-electron chi connectivity index (χ3n) is 6.63. The molecule has 0 saturated heterocycles. The number of fused-ring (bicyclic) bond motifs is 1. The van der Waals surface area contributed by atoms with E-state index in [0.717, 1.165) is 6.07 Å². The monoisotopic (exact) mass is 608 g/mol. The van der Waals surface area contributed by atoms with Gasteiger partial charge in [0.25, 0.3) is 0 Å². The van der Waals surface area contributed by atoms with Crippen LogP contribution in [0.25, 0.3) is 22.3 Å². The number of carboxylic acid groups (broad SMARTS) is 1. The van der Waals surface area contributed by atoms with Crippen molar-refractivity contribution in [2.24, 2.45) is 0 Å². The smallest absolute Gasteiger partial charge is 0.478 e. The molecule has 0 atom stereocenters. The van der Waals surface area contributed by atoms with E-state index in [2.05, 4.69) is 14.7 Å². The Morgan fingerprint density at radius 3 is 2.43 bits per heavy atom. The molecule has 0 saturated carbocycles.